The molecule has 1 saturated carbocycles. The summed E-state index contributed by atoms with van der Waals surface area (Å²) in [5, 5.41) is 4.44. The molecule has 5 rings (SSSR count). The van der Waals surface area contributed by atoms with Crippen LogP contribution in [-0.2, 0) is 9.59 Å². The molecule has 214 valence electrons. The Morgan fingerprint density at radius 3 is 2.70 bits per heavy atom. The number of carbonyl (C=O) groups is 2. The van der Waals surface area contributed by atoms with E-state index in [1.807, 2.05) is 44.2 Å². The maximum atomic E-state index is 13.4. The average Bonchev–Trinajstić information content (AvgIpc) is 3.43. The van der Waals surface area contributed by atoms with Crippen molar-refractivity contribution < 1.29 is 9.59 Å². The van der Waals surface area contributed by atoms with E-state index in [0.29, 0.717) is 18.6 Å². The lowest BCUT2D eigenvalue weighted by molar-refractivity contribution is -0.124. The number of anilines is 1. The number of hydrogen-bond donors (Lipinski definition) is 2. The van der Waals surface area contributed by atoms with Crippen LogP contribution in [0.3, 0.4) is 0 Å². The second-order valence-electron chi connectivity index (χ2n) is 12.1. The molecule has 1 amide bonds. The monoisotopic (exact) mass is 544 g/mol. The van der Waals surface area contributed by atoms with E-state index in [2.05, 4.69) is 40.4 Å². The summed E-state index contributed by atoms with van der Waals surface area (Å²) in [6.45, 7) is 4.07. The summed E-state index contributed by atoms with van der Waals surface area (Å²) >= 11 is 0. The van der Waals surface area contributed by atoms with Crippen molar-refractivity contribution in [2.45, 2.75) is 70.8 Å². The van der Waals surface area contributed by atoms with Crippen molar-refractivity contribution in [3.8, 4) is 11.3 Å². The van der Waals surface area contributed by atoms with Gasteiger partial charge in [-0.15, -0.1) is 0 Å². The second kappa shape index (κ2) is 12.1. The molecule has 40 heavy (non-hydrogen) atoms. The number of aromatic nitrogens is 3. The van der Waals surface area contributed by atoms with Gasteiger partial charge in [0, 0.05) is 43.8 Å². The fraction of sp³-hybridized carbons (Fsp3) is 0.562. The third-order valence-corrected chi connectivity index (χ3v) is 9.02. The van der Waals surface area contributed by atoms with Crippen LogP contribution >= 0.6 is 0 Å². The number of hydrogen-bond acceptors (Lipinski definition) is 6. The van der Waals surface area contributed by atoms with Gasteiger partial charge in [0.2, 0.25) is 5.91 Å². The molecular formula is C32H44N6O2. The number of benzene rings is 1. The van der Waals surface area contributed by atoms with Crippen LogP contribution in [0.2, 0.25) is 0 Å². The van der Waals surface area contributed by atoms with Crippen LogP contribution in [0.4, 0.5) is 5.82 Å². The summed E-state index contributed by atoms with van der Waals surface area (Å²) < 4.78 is 0. The standard InChI is InChI=1S/C32H44N6O2/c1-5-24(39)9-7-6-8-10-27(36-31(40)25-20-32(25)15-17-38(4)18-16-32)30-33-21-28(35-30)23-11-13-26-22(19-23)12-14-29(34-26)37(2)3/h11-14,19,21,25,27H,5-10,15-18,20H2,1-4H3,(H,33,35)(H,36,40)/t25?,27-/m0/s1. The summed E-state index contributed by atoms with van der Waals surface area (Å²) in [5.74, 6) is 2.33. The summed E-state index contributed by atoms with van der Waals surface area (Å²) in [6, 6.07) is 10.2. The highest BCUT2D eigenvalue weighted by Gasteiger charge is 2.58. The van der Waals surface area contributed by atoms with E-state index in [1.165, 1.54) is 0 Å². The molecule has 2 aliphatic rings. The van der Waals surface area contributed by atoms with Crippen molar-refractivity contribution >= 4 is 28.4 Å². The number of piperidine rings is 1. The van der Waals surface area contributed by atoms with Gasteiger partial charge in [-0.05, 0) is 81.9 Å². The topological polar surface area (TPSA) is 94.2 Å². The number of carbonyl (C=O) groups excluding carboxylic acids is 2. The molecular weight excluding hydrogens is 500 g/mol. The van der Waals surface area contributed by atoms with Crippen molar-refractivity contribution in [2.75, 3.05) is 39.1 Å². The Hall–Kier alpha value is -3.26. The van der Waals surface area contributed by atoms with Crippen molar-refractivity contribution in [3.05, 3.63) is 42.4 Å². The fourth-order valence-electron chi connectivity index (χ4n) is 6.10. The third-order valence-electron chi connectivity index (χ3n) is 9.02. The first kappa shape index (κ1) is 28.3. The van der Waals surface area contributed by atoms with Gasteiger partial charge in [-0.25, -0.2) is 9.97 Å². The van der Waals surface area contributed by atoms with Crippen molar-refractivity contribution in [2.24, 2.45) is 11.3 Å². The number of aromatic amines is 1. The second-order valence-corrected chi connectivity index (χ2v) is 12.1. The van der Waals surface area contributed by atoms with E-state index >= 15 is 0 Å². The molecule has 1 saturated heterocycles. The van der Waals surface area contributed by atoms with Crippen molar-refractivity contribution in [1.29, 1.82) is 0 Å². The van der Waals surface area contributed by atoms with Gasteiger partial charge < -0.3 is 20.1 Å². The average molecular weight is 545 g/mol. The molecule has 1 unspecified atom stereocenters. The zero-order valence-corrected chi connectivity index (χ0v) is 24.5. The lowest BCUT2D eigenvalue weighted by atomic mass is 9.91. The van der Waals surface area contributed by atoms with Gasteiger partial charge in [-0.1, -0.05) is 25.8 Å². The number of fused-ring (bicyclic) bond motifs is 1. The third kappa shape index (κ3) is 6.38. The van der Waals surface area contributed by atoms with Gasteiger partial charge in [0.05, 0.1) is 23.4 Å². The Morgan fingerprint density at radius 2 is 1.95 bits per heavy atom. The smallest absolute Gasteiger partial charge is 0.224 e. The molecule has 2 atom stereocenters. The first-order valence-corrected chi connectivity index (χ1v) is 14.9. The highest BCUT2D eigenvalue weighted by atomic mass is 16.2. The number of nitrogens with one attached hydrogen (secondary N) is 2. The summed E-state index contributed by atoms with van der Waals surface area (Å²) in [4.78, 5) is 42.5. The SMILES string of the molecule is CCC(=O)CCCCC[C@H](NC(=O)C1CC12CCN(C)CC2)c1ncc(-c2ccc3nc(N(C)C)ccc3c2)[nH]1. The zero-order valence-electron chi connectivity index (χ0n) is 24.5. The van der Waals surface area contributed by atoms with E-state index < -0.39 is 0 Å². The maximum absolute atomic E-state index is 13.4. The molecule has 1 aliphatic carbocycles. The zero-order chi connectivity index (χ0) is 28.3. The van der Waals surface area contributed by atoms with Crippen LogP contribution in [-0.4, -0.2) is 65.8 Å². The number of amides is 1. The van der Waals surface area contributed by atoms with Gasteiger partial charge in [0.15, 0.2) is 0 Å². The number of ketones is 1. The predicted molar refractivity (Wildman–Crippen MR) is 160 cm³/mol. The molecule has 2 aromatic heterocycles. The number of nitrogens with zero attached hydrogens (tertiary/aromatic N) is 4. The minimum atomic E-state index is -0.170. The quantitative estimate of drug-likeness (QED) is 0.292. The molecule has 3 aromatic rings. The van der Waals surface area contributed by atoms with Gasteiger partial charge in [0.25, 0.3) is 0 Å². The lowest BCUT2D eigenvalue weighted by Crippen LogP contribution is -2.36. The number of likely N-dealkylation sites (tertiary alicyclic amines) is 1. The first-order chi connectivity index (χ1) is 19.3. The highest BCUT2D eigenvalue weighted by Crippen LogP contribution is 2.59. The Balaban J connectivity index is 1.29. The molecule has 1 aromatic carbocycles. The Morgan fingerprint density at radius 1 is 1.15 bits per heavy atom. The lowest BCUT2D eigenvalue weighted by Gasteiger charge is -2.30. The molecule has 3 heterocycles. The largest absolute Gasteiger partial charge is 0.363 e. The van der Waals surface area contributed by atoms with Crippen LogP contribution < -0.4 is 10.2 Å². The van der Waals surface area contributed by atoms with E-state index in [1.54, 1.807) is 0 Å². The van der Waals surface area contributed by atoms with Gasteiger partial charge in [0.1, 0.15) is 17.4 Å². The van der Waals surface area contributed by atoms with E-state index in [4.69, 9.17) is 9.97 Å². The Labute approximate surface area is 237 Å². The molecule has 1 aliphatic heterocycles. The van der Waals surface area contributed by atoms with Gasteiger partial charge in [-0.3, -0.25) is 9.59 Å². The molecule has 8 heteroatoms. The molecule has 2 fully saturated rings. The number of Topliss-reactive ketones (excluding diaryl/α,β-unsaturated/α-hetero) is 1. The Kier molecular flexibility index (Phi) is 8.54. The molecule has 1 spiro atoms. The summed E-state index contributed by atoms with van der Waals surface area (Å²) in [6.07, 6.45) is 9.94. The van der Waals surface area contributed by atoms with E-state index in [-0.39, 0.29) is 23.3 Å². The van der Waals surface area contributed by atoms with Gasteiger partial charge >= 0.3 is 0 Å². The highest BCUT2D eigenvalue weighted by molar-refractivity contribution is 5.85. The maximum Gasteiger partial charge on any atom is 0.224 e. The molecule has 0 bridgehead atoms. The van der Waals surface area contributed by atoms with Crippen LogP contribution in [0, 0.1) is 11.3 Å². The molecule has 0 radical (unpaired) electrons. The van der Waals surface area contributed by atoms with Crippen LogP contribution in [0.1, 0.15) is 76.6 Å². The van der Waals surface area contributed by atoms with Crippen LogP contribution in [0.5, 0.6) is 0 Å². The summed E-state index contributed by atoms with van der Waals surface area (Å²) in [5.41, 5.74) is 3.12. The minimum Gasteiger partial charge on any atom is -0.363 e. The van der Waals surface area contributed by atoms with E-state index in [9.17, 15) is 9.59 Å². The number of unbranched alkanes of at least 4 members (excludes halogenated alkanes) is 2. The predicted octanol–water partition coefficient (Wildman–Crippen LogP) is 5.51. The minimum absolute atomic E-state index is 0.111. The number of rotatable bonds is 12. The summed E-state index contributed by atoms with van der Waals surface area (Å²) in [7, 11) is 6.15. The number of H-pyrrole nitrogens is 1. The Bertz CT molecular complexity index is 1340. The molecule has 2 N–H and O–H groups in total. The van der Waals surface area contributed by atoms with Gasteiger partial charge in [-0.2, -0.15) is 0 Å². The first-order valence-electron chi connectivity index (χ1n) is 14.9. The van der Waals surface area contributed by atoms with E-state index in [0.717, 1.165) is 91.8 Å². The molecule has 8 nitrogen and oxygen atoms in total. The van der Waals surface area contributed by atoms with Crippen LogP contribution in [0.15, 0.2) is 36.5 Å². The number of imidazole rings is 1. The van der Waals surface area contributed by atoms with Crippen LogP contribution in [0.25, 0.3) is 22.2 Å². The number of pyridine rings is 1. The fourth-order valence-corrected chi connectivity index (χ4v) is 6.10. The van der Waals surface area contributed by atoms with Crippen molar-refractivity contribution in [3.63, 3.8) is 0 Å². The van der Waals surface area contributed by atoms with Crippen molar-refractivity contribution in [1.82, 2.24) is 25.2 Å². The normalized spacial score (nSPS) is 19.1.